The van der Waals surface area contributed by atoms with E-state index in [1.165, 1.54) is 29.2 Å². The molecular weight excluding hydrogens is 562 g/mol. The van der Waals surface area contributed by atoms with Crippen LogP contribution >= 0.6 is 0 Å². The van der Waals surface area contributed by atoms with Crippen LogP contribution in [-0.2, 0) is 24.4 Å². The second-order valence-electron chi connectivity index (χ2n) is 11.0. The Morgan fingerprint density at radius 3 is 1.98 bits per heavy atom. The molecule has 0 saturated heterocycles. The van der Waals surface area contributed by atoms with E-state index in [-0.39, 0.29) is 43.2 Å². The zero-order valence-corrected chi connectivity index (χ0v) is 25.3. The summed E-state index contributed by atoms with van der Waals surface area (Å²) >= 11 is 0. The molecule has 3 amide bonds. The van der Waals surface area contributed by atoms with Crippen LogP contribution in [-0.4, -0.2) is 79.9 Å². The predicted molar refractivity (Wildman–Crippen MR) is 160 cm³/mol. The Balaban J connectivity index is 2.25. The number of hydrogen-bond acceptors (Lipinski definition) is 9. The molecule has 232 valence electrons. The number of amides is 3. The average Bonchev–Trinajstić information content (AvgIpc) is 2.90. The number of nitrogens with two attached hydrogens (primary N) is 3. The maximum Gasteiger partial charge on any atom is 0.250 e. The molecule has 2 rings (SSSR count). The lowest BCUT2D eigenvalue weighted by Crippen LogP contribution is -2.53. The van der Waals surface area contributed by atoms with E-state index in [0.29, 0.717) is 5.56 Å². The molecule has 0 fully saturated rings. The van der Waals surface area contributed by atoms with Crippen LogP contribution in [0.5, 0.6) is 0 Å². The van der Waals surface area contributed by atoms with Gasteiger partial charge in [0.2, 0.25) is 27.7 Å². The predicted octanol–water partition coefficient (Wildman–Crippen LogP) is -0.308. The van der Waals surface area contributed by atoms with Crippen molar-refractivity contribution in [1.29, 1.82) is 0 Å². The summed E-state index contributed by atoms with van der Waals surface area (Å²) in [7, 11) is -3.80. The SMILES string of the molecule is Cc1ccc([C@@H](O)[C@H](NC(=O)[C@@H](N)CC(=O)N(CCN)CCN)C(=O)Nc2ccc(S(=O)(=O)NC(C)(C)C)cc2)cc1. The van der Waals surface area contributed by atoms with E-state index in [4.69, 9.17) is 17.2 Å². The quantitative estimate of drug-likeness (QED) is 0.150. The Kier molecular flexibility index (Phi) is 12.6. The molecule has 14 heteroatoms. The summed E-state index contributed by atoms with van der Waals surface area (Å²) in [5, 5.41) is 16.2. The van der Waals surface area contributed by atoms with Crippen molar-refractivity contribution in [3.63, 3.8) is 0 Å². The molecule has 0 aliphatic rings. The van der Waals surface area contributed by atoms with Gasteiger partial charge < -0.3 is 37.8 Å². The van der Waals surface area contributed by atoms with Crippen LogP contribution in [0.1, 0.15) is 44.4 Å². The molecular formula is C28H43N7O6S. The lowest BCUT2D eigenvalue weighted by Gasteiger charge is -2.26. The second-order valence-corrected chi connectivity index (χ2v) is 12.7. The van der Waals surface area contributed by atoms with E-state index in [0.717, 1.165) is 5.56 Å². The lowest BCUT2D eigenvalue weighted by atomic mass is 9.99. The number of anilines is 1. The van der Waals surface area contributed by atoms with Gasteiger partial charge in [0, 0.05) is 37.4 Å². The van der Waals surface area contributed by atoms with Crippen molar-refractivity contribution in [3.8, 4) is 0 Å². The minimum Gasteiger partial charge on any atom is -0.386 e. The first kappa shape index (κ1) is 34.8. The molecule has 13 nitrogen and oxygen atoms in total. The third-order valence-corrected chi connectivity index (χ3v) is 7.84. The Morgan fingerprint density at radius 1 is 0.929 bits per heavy atom. The largest absolute Gasteiger partial charge is 0.386 e. The minimum atomic E-state index is -3.80. The van der Waals surface area contributed by atoms with Crippen molar-refractivity contribution in [2.24, 2.45) is 17.2 Å². The number of carbonyl (C=O) groups excluding carboxylic acids is 3. The summed E-state index contributed by atoms with van der Waals surface area (Å²) in [5.74, 6) is -2.04. The number of carbonyl (C=O) groups is 3. The standard InChI is InChI=1S/C28H43N7O6S/c1-18-5-7-19(8-6-18)25(37)24(33-26(38)22(31)17-23(36)35(15-13-29)16-14-30)27(39)32-20-9-11-21(12-10-20)42(40,41)34-28(2,3)4/h5-12,22,24-25,34,37H,13-17,29-31H2,1-4H3,(H,32,39)(H,33,38)/t22-,24-,25+/m0/s1. The molecule has 0 saturated carbocycles. The fourth-order valence-corrected chi connectivity index (χ4v) is 5.40. The lowest BCUT2D eigenvalue weighted by molar-refractivity contribution is -0.135. The molecule has 2 aromatic carbocycles. The Hall–Kier alpha value is -3.40. The molecule has 0 spiro atoms. The number of nitrogens with zero attached hydrogens (tertiary/aromatic N) is 1. The van der Waals surface area contributed by atoms with Gasteiger partial charge in [-0.15, -0.1) is 0 Å². The molecule has 10 N–H and O–H groups in total. The summed E-state index contributed by atoms with van der Waals surface area (Å²) in [6, 6.07) is 9.33. The van der Waals surface area contributed by atoms with Gasteiger partial charge in [-0.05, 0) is 57.5 Å². The van der Waals surface area contributed by atoms with Crippen LogP contribution in [0, 0.1) is 6.92 Å². The van der Waals surface area contributed by atoms with Gasteiger partial charge in [-0.3, -0.25) is 14.4 Å². The van der Waals surface area contributed by atoms with E-state index in [2.05, 4.69) is 15.4 Å². The number of hydrogen-bond donors (Lipinski definition) is 7. The van der Waals surface area contributed by atoms with Crippen LogP contribution in [0.25, 0.3) is 0 Å². The van der Waals surface area contributed by atoms with Crippen molar-refractivity contribution in [1.82, 2.24) is 14.9 Å². The average molecular weight is 606 g/mol. The van der Waals surface area contributed by atoms with E-state index < -0.39 is 51.5 Å². The minimum absolute atomic E-state index is 0.00563. The maximum atomic E-state index is 13.4. The topological polar surface area (TPSA) is 223 Å². The van der Waals surface area contributed by atoms with Crippen molar-refractivity contribution in [2.75, 3.05) is 31.5 Å². The highest BCUT2D eigenvalue weighted by atomic mass is 32.2. The van der Waals surface area contributed by atoms with Crippen molar-refractivity contribution in [2.45, 2.75) is 62.7 Å². The van der Waals surface area contributed by atoms with Gasteiger partial charge in [-0.1, -0.05) is 29.8 Å². The van der Waals surface area contributed by atoms with Crippen LogP contribution in [0.4, 0.5) is 5.69 Å². The number of nitrogens with one attached hydrogen (secondary N) is 3. The third-order valence-electron chi connectivity index (χ3n) is 6.07. The van der Waals surface area contributed by atoms with E-state index in [1.54, 1.807) is 45.0 Å². The summed E-state index contributed by atoms with van der Waals surface area (Å²) in [5.41, 5.74) is 17.9. The number of rotatable bonds is 14. The Morgan fingerprint density at radius 2 is 1.48 bits per heavy atom. The summed E-state index contributed by atoms with van der Waals surface area (Å²) < 4.78 is 27.8. The molecule has 0 heterocycles. The molecule has 0 radical (unpaired) electrons. The number of aryl methyl sites for hydroxylation is 1. The van der Waals surface area contributed by atoms with Crippen LogP contribution < -0.4 is 32.6 Å². The van der Waals surface area contributed by atoms with Gasteiger partial charge >= 0.3 is 0 Å². The molecule has 0 aromatic heterocycles. The highest BCUT2D eigenvalue weighted by molar-refractivity contribution is 7.89. The van der Waals surface area contributed by atoms with Gasteiger partial charge in [0.15, 0.2) is 0 Å². The van der Waals surface area contributed by atoms with Gasteiger partial charge in [0.1, 0.15) is 12.1 Å². The molecule has 0 aliphatic heterocycles. The summed E-state index contributed by atoms with van der Waals surface area (Å²) in [4.78, 5) is 40.4. The van der Waals surface area contributed by atoms with Gasteiger partial charge in [-0.2, -0.15) is 0 Å². The van der Waals surface area contributed by atoms with E-state index in [1.807, 2.05) is 6.92 Å². The number of aliphatic hydroxyl groups is 1. The van der Waals surface area contributed by atoms with Crippen molar-refractivity contribution < 1.29 is 27.9 Å². The molecule has 0 bridgehead atoms. The van der Waals surface area contributed by atoms with Gasteiger partial charge in [0.25, 0.3) is 0 Å². The maximum absolute atomic E-state index is 13.4. The zero-order chi connectivity index (χ0) is 31.7. The third kappa shape index (κ3) is 10.5. The Bertz CT molecular complexity index is 1310. The summed E-state index contributed by atoms with van der Waals surface area (Å²) in [6.45, 7) is 7.90. The zero-order valence-electron chi connectivity index (χ0n) is 24.5. The van der Waals surface area contributed by atoms with Gasteiger partial charge in [0.05, 0.1) is 17.4 Å². The fraction of sp³-hybridized carbons (Fsp3) is 0.464. The van der Waals surface area contributed by atoms with E-state index in [9.17, 15) is 27.9 Å². The first-order valence-electron chi connectivity index (χ1n) is 13.5. The first-order valence-corrected chi connectivity index (χ1v) is 15.0. The smallest absolute Gasteiger partial charge is 0.250 e. The van der Waals surface area contributed by atoms with Crippen LogP contribution in [0.15, 0.2) is 53.4 Å². The Labute approximate surface area is 247 Å². The van der Waals surface area contributed by atoms with Crippen molar-refractivity contribution >= 4 is 33.4 Å². The van der Waals surface area contributed by atoms with Crippen LogP contribution in [0.3, 0.4) is 0 Å². The molecule has 0 unspecified atom stereocenters. The molecule has 0 aliphatic carbocycles. The van der Waals surface area contributed by atoms with Crippen molar-refractivity contribution in [3.05, 3.63) is 59.7 Å². The number of benzene rings is 2. The second kappa shape index (κ2) is 15.2. The first-order chi connectivity index (χ1) is 19.6. The fourth-order valence-electron chi connectivity index (χ4n) is 3.99. The number of sulfonamides is 1. The highest BCUT2D eigenvalue weighted by Gasteiger charge is 2.32. The monoisotopic (exact) mass is 605 g/mol. The molecule has 2 aromatic rings. The highest BCUT2D eigenvalue weighted by Crippen LogP contribution is 2.21. The van der Waals surface area contributed by atoms with Gasteiger partial charge in [-0.25, -0.2) is 13.1 Å². The number of aliphatic hydroxyl groups excluding tert-OH is 1. The summed E-state index contributed by atoms with van der Waals surface area (Å²) in [6.07, 6.45) is -1.83. The molecule has 3 atom stereocenters. The molecule has 42 heavy (non-hydrogen) atoms. The normalized spacial score (nSPS) is 14.0. The van der Waals surface area contributed by atoms with Crippen LogP contribution in [0.2, 0.25) is 0 Å². The van der Waals surface area contributed by atoms with E-state index >= 15 is 0 Å².